The molecule has 1 N–H and O–H groups in total. The number of likely N-dealkylation sites (tertiary alicyclic amines) is 1. The predicted molar refractivity (Wildman–Crippen MR) is 78.6 cm³/mol. The van der Waals surface area contributed by atoms with Crippen LogP contribution in [0, 0.1) is 0 Å². The Morgan fingerprint density at radius 1 is 1.52 bits per heavy atom. The van der Waals surface area contributed by atoms with Crippen LogP contribution in [0.4, 0.5) is 0 Å². The number of rotatable bonds is 7. The summed E-state index contributed by atoms with van der Waals surface area (Å²) in [6.07, 6.45) is 5.23. The van der Waals surface area contributed by atoms with E-state index in [1.54, 1.807) is 11.8 Å². The van der Waals surface area contributed by atoms with Gasteiger partial charge in [0, 0.05) is 32.8 Å². The van der Waals surface area contributed by atoms with Crippen molar-refractivity contribution in [2.24, 2.45) is 0 Å². The minimum Gasteiger partial charge on any atom is -0.383 e. The van der Waals surface area contributed by atoms with Gasteiger partial charge >= 0.3 is 0 Å². The first-order chi connectivity index (χ1) is 10.2. The molecule has 1 atom stereocenters. The zero-order valence-electron chi connectivity index (χ0n) is 12.9. The van der Waals surface area contributed by atoms with Crippen LogP contribution in [0.25, 0.3) is 0 Å². The Kier molecular flexibility index (Phi) is 6.13. The van der Waals surface area contributed by atoms with Gasteiger partial charge in [-0.2, -0.15) is 0 Å². The fourth-order valence-corrected chi connectivity index (χ4v) is 2.59. The second-order valence-electron chi connectivity index (χ2n) is 5.51. The summed E-state index contributed by atoms with van der Waals surface area (Å²) < 4.78 is 6.58. The Balaban J connectivity index is 1.80. The van der Waals surface area contributed by atoms with E-state index in [1.165, 1.54) is 6.42 Å². The molecule has 0 spiro atoms. The third kappa shape index (κ3) is 4.78. The average Bonchev–Trinajstić information content (AvgIpc) is 2.91. The molecule has 1 unspecified atom stereocenters. The van der Waals surface area contributed by atoms with Crippen molar-refractivity contribution in [2.45, 2.75) is 45.3 Å². The summed E-state index contributed by atoms with van der Waals surface area (Å²) in [5.41, 5.74) is 0.839. The Bertz CT molecular complexity index is 448. The summed E-state index contributed by atoms with van der Waals surface area (Å²) in [5, 5.41) is 11.3. The van der Waals surface area contributed by atoms with Gasteiger partial charge in [-0.15, -0.1) is 5.10 Å². The van der Waals surface area contributed by atoms with Crippen LogP contribution in [-0.2, 0) is 22.6 Å². The summed E-state index contributed by atoms with van der Waals surface area (Å²) in [6, 6.07) is 0.338. The van der Waals surface area contributed by atoms with E-state index < -0.39 is 0 Å². The highest BCUT2D eigenvalue weighted by Gasteiger charge is 2.23. The highest BCUT2D eigenvalue weighted by atomic mass is 16.5. The molecule has 21 heavy (non-hydrogen) atoms. The van der Waals surface area contributed by atoms with Gasteiger partial charge in [0.1, 0.15) is 6.54 Å². The summed E-state index contributed by atoms with van der Waals surface area (Å²) in [4.78, 5) is 14.3. The van der Waals surface area contributed by atoms with Crippen molar-refractivity contribution in [3.05, 3.63) is 11.9 Å². The van der Waals surface area contributed by atoms with E-state index in [1.807, 2.05) is 11.1 Å². The van der Waals surface area contributed by atoms with Gasteiger partial charge < -0.3 is 15.0 Å². The molecule has 1 aliphatic rings. The standard InChI is InChI=1S/C14H25N5O2/c1-12-5-3-4-7-19(12)14(20)11-18-10-13(16-17-18)9-15-6-8-21-2/h10,12,15H,3-9,11H2,1-2H3. The molecule has 1 aromatic heterocycles. The van der Waals surface area contributed by atoms with Crippen LogP contribution >= 0.6 is 0 Å². The Morgan fingerprint density at radius 3 is 3.14 bits per heavy atom. The van der Waals surface area contributed by atoms with E-state index in [-0.39, 0.29) is 12.5 Å². The first kappa shape index (κ1) is 15.9. The molecule has 1 aliphatic heterocycles. The molecule has 2 rings (SSSR count). The average molecular weight is 295 g/mol. The smallest absolute Gasteiger partial charge is 0.244 e. The monoisotopic (exact) mass is 295 g/mol. The van der Waals surface area contributed by atoms with Gasteiger partial charge in [0.25, 0.3) is 0 Å². The van der Waals surface area contributed by atoms with Gasteiger partial charge in [-0.1, -0.05) is 5.21 Å². The van der Waals surface area contributed by atoms with E-state index in [0.717, 1.165) is 31.6 Å². The van der Waals surface area contributed by atoms with Gasteiger partial charge in [-0.05, 0) is 26.2 Å². The number of hydrogen-bond acceptors (Lipinski definition) is 5. The van der Waals surface area contributed by atoms with Crippen LogP contribution < -0.4 is 5.32 Å². The highest BCUT2D eigenvalue weighted by Crippen LogP contribution is 2.16. The van der Waals surface area contributed by atoms with Crippen molar-refractivity contribution in [3.8, 4) is 0 Å². The number of methoxy groups -OCH3 is 1. The molecule has 118 valence electrons. The number of nitrogens with one attached hydrogen (secondary N) is 1. The molecule has 1 amide bonds. The van der Waals surface area contributed by atoms with Gasteiger partial charge in [0.15, 0.2) is 0 Å². The topological polar surface area (TPSA) is 72.3 Å². The van der Waals surface area contributed by atoms with Crippen LogP contribution in [0.15, 0.2) is 6.20 Å². The maximum absolute atomic E-state index is 12.3. The van der Waals surface area contributed by atoms with Crippen LogP contribution in [0.2, 0.25) is 0 Å². The second kappa shape index (κ2) is 8.09. The van der Waals surface area contributed by atoms with Crippen molar-refractivity contribution >= 4 is 5.91 Å². The van der Waals surface area contributed by atoms with E-state index in [2.05, 4.69) is 22.6 Å². The lowest BCUT2D eigenvalue weighted by Gasteiger charge is -2.33. The molecule has 0 aliphatic carbocycles. The van der Waals surface area contributed by atoms with E-state index >= 15 is 0 Å². The number of carbonyl (C=O) groups is 1. The minimum atomic E-state index is 0.131. The molecule has 1 fully saturated rings. The van der Waals surface area contributed by atoms with Gasteiger partial charge in [-0.25, -0.2) is 4.68 Å². The molecule has 2 heterocycles. The van der Waals surface area contributed by atoms with Gasteiger partial charge in [0.05, 0.1) is 18.5 Å². The number of nitrogens with zero attached hydrogens (tertiary/aromatic N) is 4. The van der Waals surface area contributed by atoms with Gasteiger partial charge in [-0.3, -0.25) is 4.79 Å². The second-order valence-corrected chi connectivity index (χ2v) is 5.51. The SMILES string of the molecule is COCCNCc1cn(CC(=O)N2CCCCC2C)nn1. The van der Waals surface area contributed by atoms with Crippen molar-refractivity contribution in [3.63, 3.8) is 0 Å². The van der Waals surface area contributed by atoms with Crippen LogP contribution in [-0.4, -0.2) is 58.6 Å². The summed E-state index contributed by atoms with van der Waals surface area (Å²) in [7, 11) is 1.67. The predicted octanol–water partition coefficient (Wildman–Crippen LogP) is 0.415. The lowest BCUT2D eigenvalue weighted by atomic mass is 10.0. The number of aromatic nitrogens is 3. The minimum absolute atomic E-state index is 0.131. The number of carbonyl (C=O) groups excluding carboxylic acids is 1. The fourth-order valence-electron chi connectivity index (χ4n) is 2.59. The quantitative estimate of drug-likeness (QED) is 0.738. The maximum Gasteiger partial charge on any atom is 0.244 e. The third-order valence-electron chi connectivity index (χ3n) is 3.80. The van der Waals surface area contributed by atoms with Crippen LogP contribution in [0.1, 0.15) is 31.9 Å². The Hall–Kier alpha value is -1.47. The summed E-state index contributed by atoms with van der Waals surface area (Å²) in [5.74, 6) is 0.131. The number of hydrogen-bond donors (Lipinski definition) is 1. The highest BCUT2D eigenvalue weighted by molar-refractivity contribution is 5.76. The fraction of sp³-hybridized carbons (Fsp3) is 0.786. The lowest BCUT2D eigenvalue weighted by molar-refractivity contribution is -0.135. The van der Waals surface area contributed by atoms with Crippen LogP contribution in [0.3, 0.4) is 0 Å². The third-order valence-corrected chi connectivity index (χ3v) is 3.80. The normalized spacial score (nSPS) is 19.0. The van der Waals surface area contributed by atoms with Crippen molar-refractivity contribution < 1.29 is 9.53 Å². The zero-order valence-corrected chi connectivity index (χ0v) is 12.9. The molecular weight excluding hydrogens is 270 g/mol. The van der Waals surface area contributed by atoms with E-state index in [0.29, 0.717) is 19.2 Å². The Labute approximate surface area is 125 Å². The van der Waals surface area contributed by atoms with Crippen molar-refractivity contribution in [1.82, 2.24) is 25.2 Å². The molecule has 1 aromatic rings. The summed E-state index contributed by atoms with van der Waals surface area (Å²) >= 11 is 0. The van der Waals surface area contributed by atoms with Crippen molar-refractivity contribution in [2.75, 3.05) is 26.8 Å². The first-order valence-electron chi connectivity index (χ1n) is 7.59. The molecule has 0 saturated carbocycles. The van der Waals surface area contributed by atoms with Gasteiger partial charge in [0.2, 0.25) is 5.91 Å². The molecule has 0 bridgehead atoms. The van der Waals surface area contributed by atoms with E-state index in [4.69, 9.17) is 4.74 Å². The molecule has 7 nitrogen and oxygen atoms in total. The first-order valence-corrected chi connectivity index (χ1v) is 7.59. The summed E-state index contributed by atoms with van der Waals surface area (Å²) in [6.45, 7) is 5.32. The number of amides is 1. The lowest BCUT2D eigenvalue weighted by Crippen LogP contribution is -2.43. The molecule has 1 saturated heterocycles. The zero-order chi connectivity index (χ0) is 15.1. The molecule has 0 radical (unpaired) electrons. The number of ether oxygens (including phenoxy) is 1. The maximum atomic E-state index is 12.3. The van der Waals surface area contributed by atoms with E-state index in [9.17, 15) is 4.79 Å². The molecule has 7 heteroatoms. The largest absolute Gasteiger partial charge is 0.383 e. The Morgan fingerprint density at radius 2 is 2.38 bits per heavy atom. The van der Waals surface area contributed by atoms with Crippen molar-refractivity contribution in [1.29, 1.82) is 0 Å². The number of piperidine rings is 1. The molecule has 0 aromatic carbocycles. The molecular formula is C14H25N5O2. The van der Waals surface area contributed by atoms with Crippen LogP contribution in [0.5, 0.6) is 0 Å².